The molecular weight excluding hydrogens is 230 g/mol. The molecule has 0 bridgehead atoms. The summed E-state index contributed by atoms with van der Waals surface area (Å²) < 4.78 is 1.63. The quantitative estimate of drug-likeness (QED) is 0.743. The molecule has 18 heavy (non-hydrogen) atoms. The normalized spacial score (nSPS) is 10.7. The Bertz CT molecular complexity index is 734. The first-order valence-electron chi connectivity index (χ1n) is 5.38. The molecule has 88 valence electrons. The van der Waals surface area contributed by atoms with Crippen LogP contribution in [0.5, 0.6) is 0 Å². The summed E-state index contributed by atoms with van der Waals surface area (Å²) in [6.07, 6.45) is 3.19. The van der Waals surface area contributed by atoms with E-state index in [1.165, 1.54) is 18.3 Å². The van der Waals surface area contributed by atoms with Gasteiger partial charge in [-0.3, -0.25) is 0 Å². The average molecular weight is 239 g/mol. The van der Waals surface area contributed by atoms with E-state index in [9.17, 15) is 4.79 Å². The Kier molecular flexibility index (Phi) is 2.30. The average Bonchev–Trinajstić information content (AvgIpc) is 2.82. The number of benzene rings is 1. The Labute approximate surface area is 102 Å². The Morgan fingerprint density at radius 1 is 1.22 bits per heavy atom. The van der Waals surface area contributed by atoms with Crippen molar-refractivity contribution < 1.29 is 9.90 Å². The van der Waals surface area contributed by atoms with Gasteiger partial charge in [-0.2, -0.15) is 5.10 Å². The molecule has 0 aliphatic heterocycles. The summed E-state index contributed by atoms with van der Waals surface area (Å²) in [4.78, 5) is 15.1. The van der Waals surface area contributed by atoms with Gasteiger partial charge in [0, 0.05) is 11.6 Å². The largest absolute Gasteiger partial charge is 0.478 e. The number of hydrogen-bond donors (Lipinski definition) is 1. The van der Waals surface area contributed by atoms with Crippen molar-refractivity contribution in [1.82, 2.24) is 14.8 Å². The van der Waals surface area contributed by atoms with Crippen molar-refractivity contribution in [2.75, 3.05) is 0 Å². The molecule has 5 nitrogen and oxygen atoms in total. The highest BCUT2D eigenvalue weighted by molar-refractivity contribution is 5.88. The Balaban J connectivity index is 2.20. The molecule has 2 heterocycles. The van der Waals surface area contributed by atoms with Crippen LogP contribution in [0.25, 0.3) is 16.7 Å². The summed E-state index contributed by atoms with van der Waals surface area (Å²) in [6.45, 7) is 0. The maximum atomic E-state index is 10.9. The molecule has 1 N–H and O–H groups in total. The number of hydrogen-bond acceptors (Lipinski definition) is 3. The van der Waals surface area contributed by atoms with Crippen LogP contribution in [0.1, 0.15) is 10.4 Å². The van der Waals surface area contributed by atoms with Crippen LogP contribution in [0.4, 0.5) is 0 Å². The lowest BCUT2D eigenvalue weighted by Crippen LogP contribution is -2.03. The maximum Gasteiger partial charge on any atom is 0.335 e. The third-order valence-electron chi connectivity index (χ3n) is 2.69. The summed E-state index contributed by atoms with van der Waals surface area (Å²) in [6, 6.07) is 10.6. The van der Waals surface area contributed by atoms with Crippen molar-refractivity contribution in [3.8, 4) is 5.82 Å². The van der Waals surface area contributed by atoms with Gasteiger partial charge in [0.2, 0.25) is 0 Å². The van der Waals surface area contributed by atoms with E-state index < -0.39 is 5.97 Å². The van der Waals surface area contributed by atoms with Crippen LogP contribution in [0.15, 0.2) is 48.8 Å². The van der Waals surface area contributed by atoms with Gasteiger partial charge >= 0.3 is 5.97 Å². The second-order valence-electron chi connectivity index (χ2n) is 3.82. The fraction of sp³-hybridized carbons (Fsp3) is 0. The smallest absolute Gasteiger partial charge is 0.335 e. The number of fused-ring (bicyclic) bond motifs is 1. The van der Waals surface area contributed by atoms with Crippen molar-refractivity contribution >= 4 is 16.9 Å². The minimum Gasteiger partial charge on any atom is -0.478 e. The van der Waals surface area contributed by atoms with Gasteiger partial charge in [0.25, 0.3) is 0 Å². The SMILES string of the molecule is O=C(O)c1ccnc(-n2ncc3ccccc32)c1. The first-order valence-corrected chi connectivity index (χ1v) is 5.38. The van der Waals surface area contributed by atoms with Crippen LogP contribution in [-0.4, -0.2) is 25.8 Å². The van der Waals surface area contributed by atoms with E-state index in [1.807, 2.05) is 24.3 Å². The zero-order valence-electron chi connectivity index (χ0n) is 9.32. The second-order valence-corrected chi connectivity index (χ2v) is 3.82. The number of carboxylic acid groups (broad SMARTS) is 1. The van der Waals surface area contributed by atoms with Crippen molar-refractivity contribution in [3.05, 3.63) is 54.4 Å². The number of carbonyl (C=O) groups is 1. The fourth-order valence-corrected chi connectivity index (χ4v) is 1.82. The summed E-state index contributed by atoms with van der Waals surface area (Å²) in [7, 11) is 0. The lowest BCUT2D eigenvalue weighted by molar-refractivity contribution is 0.0696. The molecule has 2 aromatic heterocycles. The van der Waals surface area contributed by atoms with E-state index in [-0.39, 0.29) is 5.56 Å². The van der Waals surface area contributed by atoms with Gasteiger partial charge in [0.15, 0.2) is 5.82 Å². The minimum atomic E-state index is -0.977. The minimum absolute atomic E-state index is 0.194. The van der Waals surface area contributed by atoms with Crippen molar-refractivity contribution in [3.63, 3.8) is 0 Å². The topological polar surface area (TPSA) is 68.0 Å². The zero-order chi connectivity index (χ0) is 12.5. The first-order chi connectivity index (χ1) is 8.75. The Morgan fingerprint density at radius 3 is 2.89 bits per heavy atom. The van der Waals surface area contributed by atoms with Crippen molar-refractivity contribution in [1.29, 1.82) is 0 Å². The molecule has 0 radical (unpaired) electrons. The number of aromatic nitrogens is 3. The summed E-state index contributed by atoms with van der Waals surface area (Å²) in [5.41, 5.74) is 1.09. The molecule has 0 aliphatic carbocycles. The number of carboxylic acids is 1. The van der Waals surface area contributed by atoms with Gasteiger partial charge < -0.3 is 5.11 Å². The third kappa shape index (κ3) is 1.62. The van der Waals surface area contributed by atoms with Gasteiger partial charge in [0.05, 0.1) is 17.3 Å². The molecule has 0 fully saturated rings. The van der Waals surface area contributed by atoms with Gasteiger partial charge in [-0.05, 0) is 18.2 Å². The van der Waals surface area contributed by atoms with Crippen LogP contribution in [-0.2, 0) is 0 Å². The molecule has 1 aromatic carbocycles. The van der Waals surface area contributed by atoms with Crippen LogP contribution in [0, 0.1) is 0 Å². The molecule has 0 unspecified atom stereocenters. The standard InChI is InChI=1S/C13H9N3O2/c17-13(18)9-5-6-14-12(7-9)16-11-4-2-1-3-10(11)8-15-16/h1-8H,(H,17,18). The van der Waals surface area contributed by atoms with Gasteiger partial charge in [-0.25, -0.2) is 14.5 Å². The molecule has 3 rings (SSSR count). The highest BCUT2D eigenvalue weighted by atomic mass is 16.4. The van der Waals surface area contributed by atoms with Crippen LogP contribution >= 0.6 is 0 Å². The molecule has 3 aromatic rings. The van der Waals surface area contributed by atoms with E-state index in [0.717, 1.165) is 10.9 Å². The Morgan fingerprint density at radius 2 is 2.06 bits per heavy atom. The lowest BCUT2D eigenvalue weighted by atomic mass is 10.2. The van der Waals surface area contributed by atoms with Crippen LogP contribution < -0.4 is 0 Å². The predicted molar refractivity (Wildman–Crippen MR) is 65.8 cm³/mol. The zero-order valence-corrected chi connectivity index (χ0v) is 9.32. The maximum absolute atomic E-state index is 10.9. The molecule has 5 heteroatoms. The van der Waals surface area contributed by atoms with E-state index in [0.29, 0.717) is 5.82 Å². The van der Waals surface area contributed by atoms with Gasteiger partial charge in [-0.1, -0.05) is 18.2 Å². The number of rotatable bonds is 2. The summed E-state index contributed by atoms with van der Waals surface area (Å²) in [5.74, 6) is -0.480. The number of para-hydroxylation sites is 1. The molecule has 0 saturated heterocycles. The fourth-order valence-electron chi connectivity index (χ4n) is 1.82. The van der Waals surface area contributed by atoms with Crippen LogP contribution in [0.2, 0.25) is 0 Å². The van der Waals surface area contributed by atoms with Gasteiger partial charge in [-0.15, -0.1) is 0 Å². The first kappa shape index (κ1) is 10.5. The number of nitrogens with zero attached hydrogens (tertiary/aromatic N) is 3. The summed E-state index contributed by atoms with van der Waals surface area (Å²) in [5, 5.41) is 14.2. The van der Waals surface area contributed by atoms with Crippen molar-refractivity contribution in [2.24, 2.45) is 0 Å². The molecule has 0 atom stereocenters. The molecular formula is C13H9N3O2. The molecule has 0 spiro atoms. The summed E-state index contributed by atoms with van der Waals surface area (Å²) >= 11 is 0. The highest BCUT2D eigenvalue weighted by Gasteiger charge is 2.08. The monoisotopic (exact) mass is 239 g/mol. The molecule has 0 amide bonds. The molecule has 0 saturated carbocycles. The third-order valence-corrected chi connectivity index (χ3v) is 2.69. The number of pyridine rings is 1. The molecule has 0 aliphatic rings. The van der Waals surface area contributed by atoms with Crippen LogP contribution in [0.3, 0.4) is 0 Å². The second kappa shape index (κ2) is 3.96. The lowest BCUT2D eigenvalue weighted by Gasteiger charge is -2.03. The van der Waals surface area contributed by atoms with Crippen molar-refractivity contribution in [2.45, 2.75) is 0 Å². The number of aromatic carboxylic acids is 1. The Hall–Kier alpha value is -2.69. The van der Waals surface area contributed by atoms with E-state index in [2.05, 4.69) is 10.1 Å². The predicted octanol–water partition coefficient (Wildman–Crippen LogP) is 2.12. The van der Waals surface area contributed by atoms with Gasteiger partial charge in [0.1, 0.15) is 0 Å². The van der Waals surface area contributed by atoms with E-state index >= 15 is 0 Å². The van der Waals surface area contributed by atoms with E-state index in [1.54, 1.807) is 10.9 Å². The highest BCUT2D eigenvalue weighted by Crippen LogP contribution is 2.17. The van der Waals surface area contributed by atoms with E-state index in [4.69, 9.17) is 5.11 Å².